The zero-order valence-corrected chi connectivity index (χ0v) is 21.7. The second-order valence-electron chi connectivity index (χ2n) is 12.5. The highest BCUT2D eigenvalue weighted by Crippen LogP contribution is 2.45. The molecule has 35 heavy (non-hydrogen) atoms. The van der Waals surface area contributed by atoms with E-state index in [2.05, 4.69) is 83.8 Å². The SMILES string of the molecule is CC(C)(C)c1ccc(Cn2cccc2/C=C2\CC[C@@H]3[C@H]4CCCN5CCC[C@@H](CN3C2=O)[C@@H]45)cc1. The first-order chi connectivity index (χ1) is 16.9. The smallest absolute Gasteiger partial charge is 0.250 e. The lowest BCUT2D eigenvalue weighted by atomic mass is 9.67. The van der Waals surface area contributed by atoms with E-state index in [-0.39, 0.29) is 5.41 Å². The van der Waals surface area contributed by atoms with Gasteiger partial charge in [-0.2, -0.15) is 0 Å². The highest BCUT2D eigenvalue weighted by atomic mass is 16.2. The number of hydrogen-bond donors (Lipinski definition) is 0. The predicted molar refractivity (Wildman–Crippen MR) is 142 cm³/mol. The highest BCUT2D eigenvalue weighted by molar-refractivity contribution is 5.98. The second-order valence-corrected chi connectivity index (χ2v) is 12.5. The summed E-state index contributed by atoms with van der Waals surface area (Å²) in [6, 6.07) is 14.4. The number of benzene rings is 1. The Hall–Kier alpha value is -2.33. The molecule has 0 aliphatic carbocycles. The summed E-state index contributed by atoms with van der Waals surface area (Å²) in [4.78, 5) is 18.8. The third kappa shape index (κ3) is 4.28. The van der Waals surface area contributed by atoms with Crippen molar-refractivity contribution in [2.45, 2.75) is 83.3 Å². The molecule has 6 rings (SSSR count). The standard InChI is InChI=1S/C31H41N3O/c1-31(2,3)25-13-10-22(11-14-25)20-33-18-5-8-26(33)19-23-12-15-28-27-9-6-17-32-16-4-7-24(29(27)32)21-34(28)30(23)35/h5,8,10-11,13-14,18-19,24,27-29H,4,6-7,9,12,15-17,20-21H2,1-3H3/b23-19+/t24-,27+,28+,29-/m0/s1. The van der Waals surface area contributed by atoms with Crippen LogP contribution in [0.3, 0.4) is 0 Å². The number of rotatable bonds is 3. The third-order valence-electron chi connectivity index (χ3n) is 9.28. The molecule has 0 saturated carbocycles. The van der Waals surface area contributed by atoms with Gasteiger partial charge in [-0.15, -0.1) is 0 Å². The van der Waals surface area contributed by atoms with Crippen LogP contribution >= 0.6 is 0 Å². The zero-order valence-electron chi connectivity index (χ0n) is 21.7. The summed E-state index contributed by atoms with van der Waals surface area (Å²) in [6.07, 6.45) is 11.6. The lowest BCUT2D eigenvalue weighted by Crippen LogP contribution is -2.66. The number of amides is 1. The average Bonchev–Trinajstić information content (AvgIpc) is 3.28. The highest BCUT2D eigenvalue weighted by Gasteiger charge is 2.51. The second kappa shape index (κ2) is 8.96. The summed E-state index contributed by atoms with van der Waals surface area (Å²) < 4.78 is 2.28. The molecule has 4 saturated heterocycles. The Morgan fingerprint density at radius 1 is 1.00 bits per heavy atom. The van der Waals surface area contributed by atoms with E-state index in [0.29, 0.717) is 23.8 Å². The predicted octanol–water partition coefficient (Wildman–Crippen LogP) is 5.71. The Morgan fingerprint density at radius 2 is 1.77 bits per heavy atom. The molecule has 4 fully saturated rings. The van der Waals surface area contributed by atoms with E-state index in [9.17, 15) is 4.79 Å². The van der Waals surface area contributed by atoms with Gasteiger partial charge in [0.15, 0.2) is 0 Å². The molecule has 1 aromatic heterocycles. The molecule has 4 heteroatoms. The van der Waals surface area contributed by atoms with Crippen molar-refractivity contribution in [1.29, 1.82) is 0 Å². The van der Waals surface area contributed by atoms with Crippen molar-refractivity contribution in [3.63, 3.8) is 0 Å². The molecule has 0 spiro atoms. The number of carbonyl (C=O) groups excluding carboxylic acids is 1. The third-order valence-corrected chi connectivity index (χ3v) is 9.28. The van der Waals surface area contributed by atoms with Crippen LogP contribution in [0, 0.1) is 11.8 Å². The summed E-state index contributed by atoms with van der Waals surface area (Å²) in [5, 5.41) is 0. The van der Waals surface area contributed by atoms with Gasteiger partial charge in [-0.25, -0.2) is 0 Å². The minimum atomic E-state index is 0.169. The molecule has 0 unspecified atom stereocenters. The summed E-state index contributed by atoms with van der Waals surface area (Å²) in [5.41, 5.74) is 4.98. The van der Waals surface area contributed by atoms with Gasteiger partial charge in [0.1, 0.15) is 0 Å². The molecule has 4 aliphatic heterocycles. The number of piperidine rings is 4. The van der Waals surface area contributed by atoms with E-state index in [0.717, 1.165) is 43.2 Å². The molecule has 4 nitrogen and oxygen atoms in total. The van der Waals surface area contributed by atoms with Crippen molar-refractivity contribution < 1.29 is 4.79 Å². The van der Waals surface area contributed by atoms with E-state index in [1.54, 1.807) is 0 Å². The van der Waals surface area contributed by atoms with Gasteiger partial charge < -0.3 is 9.47 Å². The maximum Gasteiger partial charge on any atom is 0.250 e. The molecule has 2 aromatic rings. The molecule has 186 valence electrons. The van der Waals surface area contributed by atoms with Crippen molar-refractivity contribution in [3.8, 4) is 0 Å². The fourth-order valence-corrected chi connectivity index (χ4v) is 7.51. The first-order valence-electron chi connectivity index (χ1n) is 13.9. The topological polar surface area (TPSA) is 28.5 Å². The summed E-state index contributed by atoms with van der Waals surface area (Å²) >= 11 is 0. The molecular formula is C31H41N3O. The molecule has 0 N–H and O–H groups in total. The van der Waals surface area contributed by atoms with Gasteiger partial charge in [0.25, 0.3) is 0 Å². The van der Waals surface area contributed by atoms with E-state index in [1.165, 1.54) is 49.9 Å². The van der Waals surface area contributed by atoms with Crippen LogP contribution in [-0.2, 0) is 16.8 Å². The van der Waals surface area contributed by atoms with Crippen molar-refractivity contribution in [2.75, 3.05) is 19.6 Å². The molecule has 1 aromatic carbocycles. The normalized spacial score (nSPS) is 30.3. The first-order valence-corrected chi connectivity index (χ1v) is 13.9. The molecule has 4 atom stereocenters. The van der Waals surface area contributed by atoms with Crippen LogP contribution in [0.15, 0.2) is 48.2 Å². The molecule has 5 heterocycles. The zero-order chi connectivity index (χ0) is 24.2. The van der Waals surface area contributed by atoms with Crippen LogP contribution in [0.5, 0.6) is 0 Å². The van der Waals surface area contributed by atoms with Crippen molar-refractivity contribution in [1.82, 2.24) is 14.4 Å². The molecule has 1 amide bonds. The molecule has 4 aliphatic rings. The minimum absolute atomic E-state index is 0.169. The van der Waals surface area contributed by atoms with E-state index in [1.807, 2.05) is 0 Å². The quantitative estimate of drug-likeness (QED) is 0.536. The molecular weight excluding hydrogens is 430 g/mol. The van der Waals surface area contributed by atoms with Gasteiger partial charge in [0.05, 0.1) is 0 Å². The van der Waals surface area contributed by atoms with E-state index in [4.69, 9.17) is 0 Å². The number of nitrogens with zero attached hydrogens (tertiary/aromatic N) is 3. The first kappa shape index (κ1) is 23.1. The number of hydrogen-bond acceptors (Lipinski definition) is 2. The Kier molecular flexibility index (Phi) is 5.91. The molecule has 0 bridgehead atoms. The van der Waals surface area contributed by atoms with Gasteiger partial charge in [0, 0.05) is 42.6 Å². The van der Waals surface area contributed by atoms with Crippen LogP contribution in [0.2, 0.25) is 0 Å². The van der Waals surface area contributed by atoms with Crippen LogP contribution in [-0.4, -0.2) is 52.0 Å². The van der Waals surface area contributed by atoms with Crippen molar-refractivity contribution in [3.05, 3.63) is 65.0 Å². The van der Waals surface area contributed by atoms with Crippen molar-refractivity contribution in [2.24, 2.45) is 11.8 Å². The average molecular weight is 472 g/mol. The summed E-state index contributed by atoms with van der Waals surface area (Å²) in [5.74, 6) is 1.67. The van der Waals surface area contributed by atoms with Gasteiger partial charge in [0.2, 0.25) is 5.91 Å². The van der Waals surface area contributed by atoms with Gasteiger partial charge >= 0.3 is 0 Å². The van der Waals surface area contributed by atoms with Gasteiger partial charge in [-0.3, -0.25) is 9.69 Å². The summed E-state index contributed by atoms with van der Waals surface area (Å²) in [6.45, 7) is 11.1. The number of carbonyl (C=O) groups is 1. The van der Waals surface area contributed by atoms with Gasteiger partial charge in [-0.1, -0.05) is 45.0 Å². The Labute approximate surface area is 211 Å². The van der Waals surface area contributed by atoms with Crippen molar-refractivity contribution >= 4 is 12.0 Å². The largest absolute Gasteiger partial charge is 0.344 e. The fourth-order valence-electron chi connectivity index (χ4n) is 7.51. The Bertz CT molecular complexity index is 1100. The lowest BCUT2D eigenvalue weighted by molar-refractivity contribution is -0.145. The fraction of sp³-hybridized carbons (Fsp3) is 0.581. The van der Waals surface area contributed by atoms with Gasteiger partial charge in [-0.05, 0) is 98.2 Å². The molecule has 0 radical (unpaired) electrons. The lowest BCUT2D eigenvalue weighted by Gasteiger charge is -2.58. The van der Waals surface area contributed by atoms with E-state index >= 15 is 0 Å². The maximum atomic E-state index is 13.8. The van der Waals surface area contributed by atoms with Crippen LogP contribution < -0.4 is 0 Å². The Balaban J connectivity index is 1.20. The van der Waals surface area contributed by atoms with Crippen LogP contribution in [0.25, 0.3) is 6.08 Å². The van der Waals surface area contributed by atoms with Crippen LogP contribution in [0.4, 0.5) is 0 Å². The Morgan fingerprint density at radius 3 is 2.54 bits per heavy atom. The maximum absolute atomic E-state index is 13.8. The monoisotopic (exact) mass is 471 g/mol. The van der Waals surface area contributed by atoms with E-state index < -0.39 is 0 Å². The van der Waals surface area contributed by atoms with Crippen LogP contribution in [0.1, 0.15) is 76.1 Å². The minimum Gasteiger partial charge on any atom is -0.344 e. The number of fused-ring (bicyclic) bond motifs is 2. The number of aromatic nitrogens is 1. The summed E-state index contributed by atoms with van der Waals surface area (Å²) in [7, 11) is 0.